The summed E-state index contributed by atoms with van der Waals surface area (Å²) in [5.74, 6) is -0.350. The zero-order valence-corrected chi connectivity index (χ0v) is 17.3. The van der Waals surface area contributed by atoms with Crippen LogP contribution in [-0.4, -0.2) is 51.2 Å². The van der Waals surface area contributed by atoms with Gasteiger partial charge in [-0.25, -0.2) is 8.42 Å². The van der Waals surface area contributed by atoms with Crippen LogP contribution in [-0.2, 0) is 27.9 Å². The van der Waals surface area contributed by atoms with Crippen LogP contribution in [0.1, 0.15) is 16.7 Å². The van der Waals surface area contributed by atoms with Crippen molar-refractivity contribution in [2.45, 2.75) is 13.1 Å². The lowest BCUT2D eigenvalue weighted by Gasteiger charge is -2.14. The molecule has 0 atom stereocenters. The minimum absolute atomic E-state index is 0.236. The summed E-state index contributed by atoms with van der Waals surface area (Å²) >= 11 is 0. The molecule has 0 heterocycles. The van der Waals surface area contributed by atoms with Gasteiger partial charge in [0.25, 0.3) is 0 Å². The molecule has 0 unspecified atom stereocenters. The van der Waals surface area contributed by atoms with E-state index in [-0.39, 0.29) is 12.5 Å². The van der Waals surface area contributed by atoms with Gasteiger partial charge in [-0.15, -0.1) is 0 Å². The normalized spacial score (nSPS) is 12.0. The van der Waals surface area contributed by atoms with Gasteiger partial charge in [-0.1, -0.05) is 54.6 Å². The Morgan fingerprint density at radius 1 is 0.964 bits per heavy atom. The number of rotatable bonds is 9. The molecular weight excluding hydrogens is 374 g/mol. The lowest BCUT2D eigenvalue weighted by molar-refractivity contribution is -0.121. The fourth-order valence-electron chi connectivity index (χ4n) is 2.51. The van der Waals surface area contributed by atoms with Crippen molar-refractivity contribution in [3.8, 4) is 0 Å². The molecule has 0 fully saturated rings. The maximum absolute atomic E-state index is 12.3. The molecule has 150 valence electrons. The van der Waals surface area contributed by atoms with Gasteiger partial charge in [0.15, 0.2) is 0 Å². The number of likely N-dealkylation sites (N-methyl/N-ethyl adjacent to an activating group) is 1. The van der Waals surface area contributed by atoms with Gasteiger partial charge in [0.1, 0.15) is 0 Å². The molecular formula is C21H27N3O3S. The monoisotopic (exact) mass is 401 g/mol. The number of carbonyl (C=O) groups is 1. The Hall–Kier alpha value is -2.48. The fourth-order valence-corrected chi connectivity index (χ4v) is 3.34. The van der Waals surface area contributed by atoms with Crippen LogP contribution in [0.2, 0.25) is 0 Å². The number of sulfonamides is 1. The molecule has 0 saturated carbocycles. The SMILES string of the molecule is CN(C)Cc1ccc(CNC(=O)CN(C)S(=O)(=O)/C=C/c2ccccc2)cc1. The lowest BCUT2D eigenvalue weighted by Crippen LogP contribution is -2.37. The number of benzene rings is 2. The average molecular weight is 402 g/mol. The summed E-state index contributed by atoms with van der Waals surface area (Å²) in [4.78, 5) is 14.2. The predicted molar refractivity (Wildman–Crippen MR) is 113 cm³/mol. The molecule has 0 aliphatic rings. The van der Waals surface area contributed by atoms with Gasteiger partial charge in [-0.2, -0.15) is 4.31 Å². The van der Waals surface area contributed by atoms with E-state index in [1.165, 1.54) is 18.7 Å². The van der Waals surface area contributed by atoms with E-state index >= 15 is 0 Å². The molecule has 0 spiro atoms. The van der Waals surface area contributed by atoms with Crippen molar-refractivity contribution in [2.24, 2.45) is 0 Å². The Balaban J connectivity index is 1.85. The number of nitrogens with zero attached hydrogens (tertiary/aromatic N) is 2. The molecule has 0 saturated heterocycles. The van der Waals surface area contributed by atoms with Gasteiger partial charge in [-0.3, -0.25) is 4.79 Å². The van der Waals surface area contributed by atoms with Gasteiger partial charge in [0.2, 0.25) is 15.9 Å². The van der Waals surface area contributed by atoms with Crippen molar-refractivity contribution in [2.75, 3.05) is 27.7 Å². The van der Waals surface area contributed by atoms with Crippen LogP contribution in [0, 0.1) is 0 Å². The molecule has 1 amide bonds. The molecule has 0 radical (unpaired) electrons. The molecule has 28 heavy (non-hydrogen) atoms. The van der Waals surface area contributed by atoms with E-state index in [4.69, 9.17) is 0 Å². The Bertz CT molecular complexity index is 892. The van der Waals surface area contributed by atoms with E-state index in [2.05, 4.69) is 10.2 Å². The number of nitrogens with one attached hydrogen (secondary N) is 1. The molecule has 6 nitrogen and oxygen atoms in total. The van der Waals surface area contributed by atoms with Crippen molar-refractivity contribution >= 4 is 22.0 Å². The summed E-state index contributed by atoms with van der Waals surface area (Å²) in [7, 11) is 1.74. The lowest BCUT2D eigenvalue weighted by atomic mass is 10.1. The second-order valence-corrected chi connectivity index (χ2v) is 8.77. The van der Waals surface area contributed by atoms with Crippen molar-refractivity contribution < 1.29 is 13.2 Å². The standard InChI is InChI=1S/C21H27N3O3S/c1-23(2)16-20-11-9-19(10-12-20)15-22-21(25)17-24(3)28(26,27)14-13-18-7-5-4-6-8-18/h4-14H,15-17H2,1-3H3,(H,22,25)/b14-13+. The molecule has 2 aromatic rings. The molecule has 0 bridgehead atoms. The van der Waals surface area contributed by atoms with E-state index in [9.17, 15) is 13.2 Å². The van der Waals surface area contributed by atoms with E-state index in [1.807, 2.05) is 68.7 Å². The van der Waals surface area contributed by atoms with Gasteiger partial charge in [-0.05, 0) is 36.9 Å². The summed E-state index contributed by atoms with van der Waals surface area (Å²) in [5.41, 5.74) is 2.93. The van der Waals surface area contributed by atoms with Gasteiger partial charge in [0, 0.05) is 25.5 Å². The van der Waals surface area contributed by atoms with E-state index in [0.29, 0.717) is 6.54 Å². The molecule has 1 N–H and O–H groups in total. The Morgan fingerprint density at radius 3 is 2.18 bits per heavy atom. The topological polar surface area (TPSA) is 69.7 Å². The van der Waals surface area contributed by atoms with Crippen LogP contribution in [0.15, 0.2) is 60.0 Å². The summed E-state index contributed by atoms with van der Waals surface area (Å²) in [5, 5.41) is 3.87. The average Bonchev–Trinajstić information content (AvgIpc) is 2.66. The highest BCUT2D eigenvalue weighted by Crippen LogP contribution is 2.08. The summed E-state index contributed by atoms with van der Waals surface area (Å²) in [6, 6.07) is 17.1. The smallest absolute Gasteiger partial charge is 0.236 e. The van der Waals surface area contributed by atoms with Crippen molar-refractivity contribution in [1.82, 2.24) is 14.5 Å². The highest BCUT2D eigenvalue weighted by molar-refractivity contribution is 7.92. The fraction of sp³-hybridized carbons (Fsp3) is 0.286. The molecule has 7 heteroatoms. The zero-order valence-electron chi connectivity index (χ0n) is 16.5. The van der Waals surface area contributed by atoms with E-state index in [1.54, 1.807) is 0 Å². The Kier molecular flexibility index (Phi) is 7.92. The molecule has 0 aromatic heterocycles. The first-order valence-corrected chi connectivity index (χ1v) is 10.5. The molecule has 0 aliphatic carbocycles. The third-order valence-electron chi connectivity index (χ3n) is 4.04. The summed E-state index contributed by atoms with van der Waals surface area (Å²) in [6.07, 6.45) is 1.51. The largest absolute Gasteiger partial charge is 0.351 e. The molecule has 0 aliphatic heterocycles. The maximum atomic E-state index is 12.3. The van der Waals surface area contributed by atoms with Gasteiger partial charge >= 0.3 is 0 Å². The Labute approximate surface area is 167 Å². The number of hydrogen-bond donors (Lipinski definition) is 1. The summed E-state index contributed by atoms with van der Waals surface area (Å²) in [6.45, 7) is 0.973. The van der Waals surface area contributed by atoms with Crippen molar-refractivity contribution in [1.29, 1.82) is 0 Å². The van der Waals surface area contributed by atoms with Crippen LogP contribution in [0.3, 0.4) is 0 Å². The van der Waals surface area contributed by atoms with E-state index < -0.39 is 10.0 Å². The van der Waals surface area contributed by atoms with Crippen molar-refractivity contribution in [3.63, 3.8) is 0 Å². The highest BCUT2D eigenvalue weighted by atomic mass is 32.2. The van der Waals surface area contributed by atoms with Gasteiger partial charge < -0.3 is 10.2 Å². The predicted octanol–water partition coefficient (Wildman–Crippen LogP) is 2.30. The third kappa shape index (κ3) is 7.26. The quantitative estimate of drug-likeness (QED) is 0.700. The van der Waals surface area contributed by atoms with Crippen LogP contribution in [0.5, 0.6) is 0 Å². The molecule has 2 aromatic carbocycles. The second-order valence-electron chi connectivity index (χ2n) is 6.85. The first-order chi connectivity index (χ1) is 13.3. The zero-order chi connectivity index (χ0) is 20.6. The second kappa shape index (κ2) is 10.2. The van der Waals surface area contributed by atoms with Crippen LogP contribution < -0.4 is 5.32 Å². The van der Waals surface area contributed by atoms with Gasteiger partial charge in [0.05, 0.1) is 6.54 Å². The van der Waals surface area contributed by atoms with Crippen LogP contribution in [0.4, 0.5) is 0 Å². The number of hydrogen-bond acceptors (Lipinski definition) is 4. The third-order valence-corrected chi connectivity index (χ3v) is 5.52. The number of amides is 1. The van der Waals surface area contributed by atoms with Crippen LogP contribution >= 0.6 is 0 Å². The maximum Gasteiger partial charge on any atom is 0.236 e. The highest BCUT2D eigenvalue weighted by Gasteiger charge is 2.17. The van der Waals surface area contributed by atoms with Crippen LogP contribution in [0.25, 0.3) is 6.08 Å². The minimum Gasteiger partial charge on any atom is -0.351 e. The number of carbonyl (C=O) groups excluding carboxylic acids is 1. The first kappa shape index (κ1) is 21.8. The minimum atomic E-state index is -3.67. The summed E-state index contributed by atoms with van der Waals surface area (Å²) < 4.78 is 25.6. The molecule has 2 rings (SSSR count). The first-order valence-electron chi connectivity index (χ1n) is 8.95. The van der Waals surface area contributed by atoms with E-state index in [0.717, 1.165) is 27.4 Å². The van der Waals surface area contributed by atoms with Crippen molar-refractivity contribution in [3.05, 3.63) is 76.7 Å². The Morgan fingerprint density at radius 2 is 1.57 bits per heavy atom.